The van der Waals surface area contributed by atoms with Gasteiger partial charge in [-0.05, 0) is 26.2 Å². The summed E-state index contributed by atoms with van der Waals surface area (Å²) in [6.07, 6.45) is 3.04. The van der Waals surface area contributed by atoms with Gasteiger partial charge in [-0.1, -0.05) is 5.57 Å². The molecule has 0 fully saturated rings. The molecule has 0 aromatic heterocycles. The number of hydrogen-bond acceptors (Lipinski definition) is 2. The van der Waals surface area contributed by atoms with Crippen LogP contribution in [0.3, 0.4) is 0 Å². The highest BCUT2D eigenvalue weighted by Crippen LogP contribution is 2.19. The van der Waals surface area contributed by atoms with E-state index in [1.165, 1.54) is 5.57 Å². The summed E-state index contributed by atoms with van der Waals surface area (Å²) in [5, 5.41) is 0. The highest BCUT2D eigenvalue weighted by Gasteiger charge is 2.11. The van der Waals surface area contributed by atoms with E-state index in [0.717, 1.165) is 25.0 Å². The van der Waals surface area contributed by atoms with Crippen molar-refractivity contribution in [1.82, 2.24) is 0 Å². The minimum Gasteiger partial charge on any atom is -0.402 e. The normalized spacial score (nSPS) is 28.9. The number of nitrogens with two attached hydrogens (primary N) is 2. The fraction of sp³-hybridized carbons (Fsp3) is 0.714. The van der Waals surface area contributed by atoms with E-state index >= 15 is 0 Å². The summed E-state index contributed by atoms with van der Waals surface area (Å²) >= 11 is 0. The van der Waals surface area contributed by atoms with E-state index < -0.39 is 0 Å². The van der Waals surface area contributed by atoms with Gasteiger partial charge in [0.05, 0.1) is 0 Å². The Hall–Kier alpha value is -0.500. The van der Waals surface area contributed by atoms with Gasteiger partial charge in [-0.3, -0.25) is 0 Å². The van der Waals surface area contributed by atoms with Gasteiger partial charge in [-0.15, -0.1) is 0 Å². The van der Waals surface area contributed by atoms with Crippen molar-refractivity contribution in [3.63, 3.8) is 0 Å². The van der Waals surface area contributed by atoms with Gasteiger partial charge in [0.25, 0.3) is 0 Å². The maximum absolute atomic E-state index is 5.70. The molecule has 0 aliphatic heterocycles. The average Bonchev–Trinajstić information content (AvgIpc) is 1.80. The van der Waals surface area contributed by atoms with E-state index in [9.17, 15) is 0 Å². The van der Waals surface area contributed by atoms with E-state index in [-0.39, 0.29) is 0 Å². The standard InChI is InChI=1S/C7H14N2/c1-5-4-6(8)2-3-7(5)9/h6H,2-4,8-9H2,1H3. The lowest BCUT2D eigenvalue weighted by Gasteiger charge is -2.19. The quantitative estimate of drug-likeness (QED) is 0.502. The van der Waals surface area contributed by atoms with Crippen molar-refractivity contribution in [1.29, 1.82) is 0 Å². The van der Waals surface area contributed by atoms with Gasteiger partial charge in [0, 0.05) is 11.7 Å². The maximum atomic E-state index is 5.70. The molecule has 4 N–H and O–H groups in total. The molecule has 0 aromatic carbocycles. The minimum atomic E-state index is 0.359. The van der Waals surface area contributed by atoms with Crippen LogP contribution in [-0.2, 0) is 0 Å². The summed E-state index contributed by atoms with van der Waals surface area (Å²) in [7, 11) is 0. The number of allylic oxidation sites excluding steroid dienone is 1. The van der Waals surface area contributed by atoms with Crippen LogP contribution in [0.1, 0.15) is 26.2 Å². The van der Waals surface area contributed by atoms with Gasteiger partial charge in [0.15, 0.2) is 0 Å². The third kappa shape index (κ3) is 1.45. The third-order valence-corrected chi connectivity index (χ3v) is 1.90. The lowest BCUT2D eigenvalue weighted by atomic mass is 9.94. The molecule has 0 heterocycles. The lowest BCUT2D eigenvalue weighted by molar-refractivity contribution is 0.566. The fourth-order valence-electron chi connectivity index (χ4n) is 1.18. The van der Waals surface area contributed by atoms with Crippen LogP contribution >= 0.6 is 0 Å². The Morgan fingerprint density at radius 3 is 2.67 bits per heavy atom. The van der Waals surface area contributed by atoms with Crippen molar-refractivity contribution >= 4 is 0 Å². The summed E-state index contributed by atoms with van der Waals surface area (Å²) in [4.78, 5) is 0. The molecule has 0 saturated carbocycles. The van der Waals surface area contributed by atoms with E-state index in [2.05, 4.69) is 6.92 Å². The first-order valence-corrected chi connectivity index (χ1v) is 3.40. The summed E-state index contributed by atoms with van der Waals surface area (Å²) < 4.78 is 0. The smallest absolute Gasteiger partial charge is 0.00804 e. The van der Waals surface area contributed by atoms with Crippen LogP contribution in [0.25, 0.3) is 0 Å². The molecule has 1 unspecified atom stereocenters. The molecule has 9 heavy (non-hydrogen) atoms. The molecule has 0 spiro atoms. The summed E-state index contributed by atoms with van der Waals surface area (Å²) in [6.45, 7) is 2.06. The second kappa shape index (κ2) is 2.40. The first kappa shape index (κ1) is 6.62. The van der Waals surface area contributed by atoms with Gasteiger partial charge in [0.1, 0.15) is 0 Å². The molecule has 0 amide bonds. The zero-order chi connectivity index (χ0) is 6.85. The van der Waals surface area contributed by atoms with Crippen LogP contribution in [0.4, 0.5) is 0 Å². The second-order valence-electron chi connectivity index (χ2n) is 2.81. The molecule has 0 aromatic rings. The minimum absolute atomic E-state index is 0.359. The molecule has 52 valence electrons. The second-order valence-corrected chi connectivity index (χ2v) is 2.81. The summed E-state index contributed by atoms with van der Waals surface area (Å²) in [6, 6.07) is 0.359. The predicted molar refractivity (Wildman–Crippen MR) is 38.7 cm³/mol. The molecule has 0 radical (unpaired) electrons. The van der Waals surface area contributed by atoms with Crippen molar-refractivity contribution in [2.45, 2.75) is 32.2 Å². The fourth-order valence-corrected chi connectivity index (χ4v) is 1.18. The maximum Gasteiger partial charge on any atom is 0.00804 e. The van der Waals surface area contributed by atoms with Crippen molar-refractivity contribution in [2.24, 2.45) is 11.5 Å². The average molecular weight is 126 g/mol. The zero-order valence-electron chi connectivity index (χ0n) is 5.85. The highest BCUT2D eigenvalue weighted by atomic mass is 14.7. The van der Waals surface area contributed by atoms with Gasteiger partial charge in [0.2, 0.25) is 0 Å². The van der Waals surface area contributed by atoms with Crippen LogP contribution in [0.2, 0.25) is 0 Å². The first-order valence-electron chi connectivity index (χ1n) is 3.40. The molecule has 2 heteroatoms. The Balaban J connectivity index is 2.61. The van der Waals surface area contributed by atoms with E-state index in [1.807, 2.05) is 0 Å². The van der Waals surface area contributed by atoms with Crippen LogP contribution in [-0.4, -0.2) is 6.04 Å². The summed E-state index contributed by atoms with van der Waals surface area (Å²) in [5.74, 6) is 0. The molecule has 0 bridgehead atoms. The molecular weight excluding hydrogens is 112 g/mol. The van der Waals surface area contributed by atoms with Crippen LogP contribution < -0.4 is 11.5 Å². The van der Waals surface area contributed by atoms with Gasteiger partial charge >= 0.3 is 0 Å². The highest BCUT2D eigenvalue weighted by molar-refractivity contribution is 5.13. The topological polar surface area (TPSA) is 52.0 Å². The SMILES string of the molecule is CC1=C(N)CCC(N)C1. The zero-order valence-corrected chi connectivity index (χ0v) is 5.85. The molecule has 1 aliphatic carbocycles. The van der Waals surface area contributed by atoms with E-state index in [1.54, 1.807) is 0 Å². The largest absolute Gasteiger partial charge is 0.402 e. The van der Waals surface area contributed by atoms with Crippen molar-refractivity contribution in [3.05, 3.63) is 11.3 Å². The van der Waals surface area contributed by atoms with Gasteiger partial charge in [-0.25, -0.2) is 0 Å². The van der Waals surface area contributed by atoms with Crippen molar-refractivity contribution in [3.8, 4) is 0 Å². The van der Waals surface area contributed by atoms with Crippen LogP contribution in [0.5, 0.6) is 0 Å². The molecule has 0 saturated heterocycles. The van der Waals surface area contributed by atoms with E-state index in [4.69, 9.17) is 11.5 Å². The number of hydrogen-bond donors (Lipinski definition) is 2. The molecule has 2 nitrogen and oxygen atoms in total. The number of rotatable bonds is 0. The van der Waals surface area contributed by atoms with Gasteiger partial charge < -0.3 is 11.5 Å². The Morgan fingerprint density at radius 1 is 1.56 bits per heavy atom. The molecule has 1 aliphatic rings. The Morgan fingerprint density at radius 2 is 2.22 bits per heavy atom. The Bertz CT molecular complexity index is 138. The monoisotopic (exact) mass is 126 g/mol. The van der Waals surface area contributed by atoms with Crippen molar-refractivity contribution < 1.29 is 0 Å². The lowest BCUT2D eigenvalue weighted by Crippen LogP contribution is -2.25. The predicted octanol–water partition coefficient (Wildman–Crippen LogP) is 0.730. The Labute approximate surface area is 55.9 Å². The third-order valence-electron chi connectivity index (χ3n) is 1.90. The van der Waals surface area contributed by atoms with Crippen LogP contribution in [0.15, 0.2) is 11.3 Å². The van der Waals surface area contributed by atoms with Gasteiger partial charge in [-0.2, -0.15) is 0 Å². The first-order chi connectivity index (χ1) is 4.20. The molecule has 1 rings (SSSR count). The summed E-state index contributed by atoms with van der Waals surface area (Å²) in [5.41, 5.74) is 13.7. The molecular formula is C7H14N2. The Kier molecular flexibility index (Phi) is 1.76. The van der Waals surface area contributed by atoms with Crippen molar-refractivity contribution in [2.75, 3.05) is 0 Å². The van der Waals surface area contributed by atoms with E-state index in [0.29, 0.717) is 6.04 Å². The van der Waals surface area contributed by atoms with Crippen LogP contribution in [0, 0.1) is 0 Å². The molecule has 1 atom stereocenters.